The highest BCUT2D eigenvalue weighted by molar-refractivity contribution is 7.17. The first kappa shape index (κ1) is 20.1. The van der Waals surface area contributed by atoms with E-state index in [2.05, 4.69) is 10.3 Å². The van der Waals surface area contributed by atoms with Gasteiger partial charge in [0, 0.05) is 22.3 Å². The Hall–Kier alpha value is -3.85. The van der Waals surface area contributed by atoms with E-state index in [4.69, 9.17) is 0 Å². The summed E-state index contributed by atoms with van der Waals surface area (Å²) in [5.41, 5.74) is 3.11. The quantitative estimate of drug-likeness (QED) is 0.474. The van der Waals surface area contributed by atoms with Crippen LogP contribution in [0, 0.1) is 12.7 Å². The topological polar surface area (TPSA) is 83.8 Å². The molecule has 1 aliphatic rings. The zero-order valence-electron chi connectivity index (χ0n) is 17.0. The molecule has 1 N–H and O–H groups in total. The summed E-state index contributed by atoms with van der Waals surface area (Å²) in [7, 11) is 0. The van der Waals surface area contributed by atoms with Crippen LogP contribution in [0.1, 0.15) is 31.3 Å². The van der Waals surface area contributed by atoms with Crippen molar-refractivity contribution in [3.63, 3.8) is 0 Å². The van der Waals surface area contributed by atoms with Crippen molar-refractivity contribution in [1.82, 2.24) is 19.6 Å². The Morgan fingerprint density at radius 2 is 1.72 bits per heavy atom. The van der Waals surface area contributed by atoms with E-state index in [1.165, 1.54) is 23.5 Å². The lowest BCUT2D eigenvalue weighted by Gasteiger charge is -2.13. The smallest absolute Gasteiger partial charge is 0.262 e. The second-order valence-corrected chi connectivity index (χ2v) is 8.48. The van der Waals surface area contributed by atoms with Gasteiger partial charge in [-0.1, -0.05) is 23.5 Å². The Balaban J connectivity index is 1.26. The number of aromatic nitrogens is 2. The van der Waals surface area contributed by atoms with Gasteiger partial charge in [-0.2, -0.15) is 0 Å². The van der Waals surface area contributed by atoms with E-state index in [-0.39, 0.29) is 18.9 Å². The molecule has 0 saturated carbocycles. The minimum Gasteiger partial charge on any atom is -0.350 e. The molecular weight excluding hydrogens is 431 g/mol. The lowest BCUT2D eigenvalue weighted by molar-refractivity contribution is -0.121. The molecule has 2 aromatic carbocycles. The number of imidazole rings is 1. The molecule has 0 atom stereocenters. The summed E-state index contributed by atoms with van der Waals surface area (Å²) in [6.07, 6.45) is 1.87. The van der Waals surface area contributed by atoms with E-state index in [0.29, 0.717) is 11.1 Å². The molecule has 0 unspecified atom stereocenters. The number of fused-ring (bicyclic) bond motifs is 2. The third-order valence-corrected chi connectivity index (χ3v) is 6.58. The minimum absolute atomic E-state index is 0.258. The average molecular weight is 448 g/mol. The molecule has 9 heteroatoms. The molecule has 0 saturated heterocycles. The van der Waals surface area contributed by atoms with Gasteiger partial charge in [-0.05, 0) is 43.3 Å². The lowest BCUT2D eigenvalue weighted by Crippen LogP contribution is -2.40. The van der Waals surface area contributed by atoms with Gasteiger partial charge >= 0.3 is 0 Å². The zero-order chi connectivity index (χ0) is 22.4. The van der Waals surface area contributed by atoms with E-state index in [0.717, 1.165) is 31.7 Å². The highest BCUT2D eigenvalue weighted by Gasteiger charge is 2.36. The Morgan fingerprint density at radius 3 is 2.34 bits per heavy atom. The molecule has 32 heavy (non-hydrogen) atoms. The third kappa shape index (κ3) is 3.36. The molecule has 2 aromatic heterocycles. The monoisotopic (exact) mass is 448 g/mol. The van der Waals surface area contributed by atoms with Gasteiger partial charge in [-0.25, -0.2) is 9.37 Å². The Labute approximate surface area is 186 Å². The molecule has 0 fully saturated rings. The Kier molecular flexibility index (Phi) is 4.82. The van der Waals surface area contributed by atoms with E-state index in [1.54, 1.807) is 36.4 Å². The molecule has 1 aliphatic heterocycles. The summed E-state index contributed by atoms with van der Waals surface area (Å²) in [6.45, 7) is 1.85. The SMILES string of the molecule is Cc1c(CNC(=O)CN2C(=O)c3ccccc3C2=O)sc2nc(-c3ccc(F)cc3)cn12. The Morgan fingerprint density at radius 1 is 1.06 bits per heavy atom. The number of imide groups is 1. The molecule has 4 aromatic rings. The molecule has 0 spiro atoms. The van der Waals surface area contributed by atoms with Crippen LogP contribution in [-0.4, -0.2) is 38.6 Å². The highest BCUT2D eigenvalue weighted by Crippen LogP contribution is 2.27. The van der Waals surface area contributed by atoms with Gasteiger partial charge < -0.3 is 5.32 Å². The van der Waals surface area contributed by atoms with Gasteiger partial charge in [0.05, 0.1) is 23.4 Å². The number of aryl methyl sites for hydroxylation is 1. The maximum atomic E-state index is 13.2. The number of benzene rings is 2. The van der Waals surface area contributed by atoms with Gasteiger partial charge in [0.25, 0.3) is 11.8 Å². The second-order valence-electron chi connectivity index (χ2n) is 7.42. The second kappa shape index (κ2) is 7.69. The summed E-state index contributed by atoms with van der Waals surface area (Å²) >= 11 is 1.43. The summed E-state index contributed by atoms with van der Waals surface area (Å²) in [5, 5.41) is 2.78. The number of thiazole rings is 1. The van der Waals surface area contributed by atoms with Crippen molar-refractivity contribution in [2.45, 2.75) is 13.5 Å². The molecule has 3 amide bonds. The van der Waals surface area contributed by atoms with Crippen LogP contribution in [-0.2, 0) is 11.3 Å². The molecule has 160 valence electrons. The normalized spacial score (nSPS) is 13.1. The fourth-order valence-electron chi connectivity index (χ4n) is 3.68. The van der Waals surface area contributed by atoms with Crippen molar-refractivity contribution >= 4 is 34.0 Å². The van der Waals surface area contributed by atoms with Crippen LogP contribution >= 0.6 is 11.3 Å². The largest absolute Gasteiger partial charge is 0.350 e. The van der Waals surface area contributed by atoms with Crippen molar-refractivity contribution < 1.29 is 18.8 Å². The van der Waals surface area contributed by atoms with Crippen LogP contribution in [0.15, 0.2) is 54.7 Å². The molecule has 3 heterocycles. The summed E-state index contributed by atoms with van der Waals surface area (Å²) < 4.78 is 15.1. The molecular formula is C23H17FN4O3S. The predicted octanol–water partition coefficient (Wildman–Crippen LogP) is 3.42. The number of carbonyl (C=O) groups is 3. The molecule has 5 rings (SSSR count). The third-order valence-electron chi connectivity index (χ3n) is 5.42. The van der Waals surface area contributed by atoms with E-state index < -0.39 is 17.7 Å². The minimum atomic E-state index is -0.458. The highest BCUT2D eigenvalue weighted by atomic mass is 32.1. The van der Waals surface area contributed by atoms with Crippen LogP contribution in [0.5, 0.6) is 0 Å². The van der Waals surface area contributed by atoms with E-state index in [1.807, 2.05) is 17.5 Å². The van der Waals surface area contributed by atoms with Crippen molar-refractivity contribution in [1.29, 1.82) is 0 Å². The number of hydrogen-bond donors (Lipinski definition) is 1. The number of hydrogen-bond acceptors (Lipinski definition) is 5. The average Bonchev–Trinajstić information content (AvgIpc) is 3.41. The maximum Gasteiger partial charge on any atom is 0.262 e. The van der Waals surface area contributed by atoms with Gasteiger partial charge in [-0.15, -0.1) is 0 Å². The van der Waals surface area contributed by atoms with Gasteiger partial charge in [0.2, 0.25) is 5.91 Å². The lowest BCUT2D eigenvalue weighted by atomic mass is 10.1. The summed E-state index contributed by atoms with van der Waals surface area (Å²) in [5.74, 6) is -1.64. The number of amides is 3. The standard InChI is InChI=1S/C23H17FN4O3S/c1-13-19(32-23-26-18(11-27(13)23)14-6-8-15(24)9-7-14)10-25-20(29)12-28-21(30)16-4-2-3-5-17(16)22(28)31/h2-9,11H,10,12H2,1H3,(H,25,29). The van der Waals surface area contributed by atoms with Crippen molar-refractivity contribution in [2.75, 3.05) is 6.54 Å². The fraction of sp³-hybridized carbons (Fsp3) is 0.130. The summed E-state index contributed by atoms with van der Waals surface area (Å²) in [6, 6.07) is 12.7. The van der Waals surface area contributed by atoms with Crippen LogP contribution in [0.25, 0.3) is 16.2 Å². The van der Waals surface area contributed by atoms with Crippen molar-refractivity contribution in [2.24, 2.45) is 0 Å². The summed E-state index contributed by atoms with van der Waals surface area (Å²) in [4.78, 5) is 44.5. The number of nitrogens with one attached hydrogen (secondary N) is 1. The Bertz CT molecular complexity index is 1360. The molecule has 0 bridgehead atoms. The first-order chi connectivity index (χ1) is 15.4. The predicted molar refractivity (Wildman–Crippen MR) is 117 cm³/mol. The van der Waals surface area contributed by atoms with Gasteiger partial charge in [0.15, 0.2) is 4.96 Å². The number of rotatable bonds is 5. The molecule has 0 radical (unpaired) electrons. The molecule has 7 nitrogen and oxygen atoms in total. The van der Waals surface area contributed by atoms with Crippen molar-refractivity contribution in [3.8, 4) is 11.3 Å². The first-order valence-corrected chi connectivity index (χ1v) is 10.7. The van der Waals surface area contributed by atoms with Crippen LogP contribution in [0.3, 0.4) is 0 Å². The van der Waals surface area contributed by atoms with Crippen molar-refractivity contribution in [3.05, 3.63) is 82.2 Å². The number of halogens is 1. The van der Waals surface area contributed by atoms with Gasteiger partial charge in [0.1, 0.15) is 12.4 Å². The zero-order valence-corrected chi connectivity index (χ0v) is 17.8. The number of nitrogens with zero attached hydrogens (tertiary/aromatic N) is 3. The molecule has 0 aliphatic carbocycles. The van der Waals surface area contributed by atoms with E-state index in [9.17, 15) is 18.8 Å². The first-order valence-electron chi connectivity index (χ1n) is 9.87. The fourth-order valence-corrected chi connectivity index (χ4v) is 4.72. The van der Waals surface area contributed by atoms with Gasteiger partial charge in [-0.3, -0.25) is 23.7 Å². The number of carbonyl (C=O) groups excluding carboxylic acids is 3. The maximum absolute atomic E-state index is 13.2. The van der Waals surface area contributed by atoms with Crippen LogP contribution in [0.4, 0.5) is 4.39 Å². The van der Waals surface area contributed by atoms with Crippen LogP contribution in [0.2, 0.25) is 0 Å². The van der Waals surface area contributed by atoms with E-state index >= 15 is 0 Å². The van der Waals surface area contributed by atoms with Crippen LogP contribution < -0.4 is 5.32 Å².